The first-order valence-corrected chi connectivity index (χ1v) is 12.5. The molecule has 7 heteroatoms. The summed E-state index contributed by atoms with van der Waals surface area (Å²) in [7, 11) is 2.09. The van der Waals surface area contributed by atoms with Crippen molar-refractivity contribution in [3.8, 4) is 0 Å². The van der Waals surface area contributed by atoms with Gasteiger partial charge in [-0.15, -0.1) is 0 Å². The van der Waals surface area contributed by atoms with Crippen LogP contribution in [0.4, 0.5) is 0 Å². The third-order valence-corrected chi connectivity index (χ3v) is 7.53. The number of carbonyl (C=O) groups is 1. The molecule has 5 rings (SSSR count). The van der Waals surface area contributed by atoms with Crippen molar-refractivity contribution in [3.63, 3.8) is 0 Å². The Morgan fingerprint density at radius 2 is 1.76 bits per heavy atom. The number of amides is 1. The van der Waals surface area contributed by atoms with Crippen molar-refractivity contribution in [3.05, 3.63) is 70.4 Å². The first kappa shape index (κ1) is 23.4. The zero-order valence-electron chi connectivity index (χ0n) is 19.7. The molecular formula is C27H32ClN3O3. The SMILES string of the molecule is CN1CCCN(C(=O)c2cc3cc(C4(O)CCN(Cc5ccc(Cl)cc5)CC4)ccc3o2)CC1. The highest BCUT2D eigenvalue weighted by Crippen LogP contribution is 2.35. The van der Waals surface area contributed by atoms with Gasteiger partial charge in [0.1, 0.15) is 5.58 Å². The molecule has 180 valence electrons. The third-order valence-electron chi connectivity index (χ3n) is 7.27. The minimum Gasteiger partial charge on any atom is -0.451 e. The van der Waals surface area contributed by atoms with E-state index in [1.807, 2.05) is 41.3 Å². The molecular weight excluding hydrogens is 450 g/mol. The molecule has 6 nitrogen and oxygen atoms in total. The smallest absolute Gasteiger partial charge is 0.289 e. The molecule has 3 aromatic rings. The first-order valence-electron chi connectivity index (χ1n) is 12.1. The number of nitrogens with zero attached hydrogens (tertiary/aromatic N) is 3. The average Bonchev–Trinajstić information content (AvgIpc) is 3.15. The molecule has 2 aliphatic rings. The van der Waals surface area contributed by atoms with Crippen LogP contribution in [-0.2, 0) is 12.1 Å². The second kappa shape index (κ2) is 9.70. The molecule has 1 amide bonds. The van der Waals surface area contributed by atoms with Crippen LogP contribution in [0.1, 0.15) is 40.9 Å². The summed E-state index contributed by atoms with van der Waals surface area (Å²) in [5.74, 6) is 0.323. The van der Waals surface area contributed by atoms with Gasteiger partial charge in [0.25, 0.3) is 5.91 Å². The van der Waals surface area contributed by atoms with Gasteiger partial charge in [-0.25, -0.2) is 0 Å². The zero-order chi connectivity index (χ0) is 23.7. The standard InChI is InChI=1S/C27H32ClN3O3/c1-29-11-2-12-31(16-15-29)26(32)25-18-21-17-22(5-8-24(21)34-25)27(33)9-13-30(14-10-27)19-20-3-6-23(28)7-4-20/h3-8,17-18,33H,2,9-16,19H2,1H3. The Labute approximate surface area is 205 Å². The molecule has 3 heterocycles. The number of furan rings is 1. The molecule has 0 unspecified atom stereocenters. The first-order chi connectivity index (χ1) is 16.4. The molecule has 0 bridgehead atoms. The summed E-state index contributed by atoms with van der Waals surface area (Å²) in [4.78, 5) is 19.5. The van der Waals surface area contributed by atoms with Crippen LogP contribution in [0.25, 0.3) is 11.0 Å². The van der Waals surface area contributed by atoms with Gasteiger partial charge in [-0.3, -0.25) is 9.69 Å². The summed E-state index contributed by atoms with van der Waals surface area (Å²) in [6, 6.07) is 15.6. The average molecular weight is 482 g/mol. The highest BCUT2D eigenvalue weighted by Gasteiger charge is 2.34. The van der Waals surface area contributed by atoms with Gasteiger partial charge in [-0.05, 0) is 74.3 Å². The minimum absolute atomic E-state index is 0.0535. The van der Waals surface area contributed by atoms with E-state index in [1.165, 1.54) is 5.56 Å². The number of benzene rings is 2. The number of fused-ring (bicyclic) bond motifs is 1. The van der Waals surface area contributed by atoms with Gasteiger partial charge in [0.15, 0.2) is 5.76 Å². The second-order valence-corrected chi connectivity index (χ2v) is 10.2. The van der Waals surface area contributed by atoms with Crippen molar-refractivity contribution in [2.24, 2.45) is 0 Å². The number of halogens is 1. The maximum Gasteiger partial charge on any atom is 0.289 e. The van der Waals surface area contributed by atoms with Gasteiger partial charge in [0, 0.05) is 49.7 Å². The number of likely N-dealkylation sites (tertiary alicyclic amines) is 1. The lowest BCUT2D eigenvalue weighted by atomic mass is 9.84. The van der Waals surface area contributed by atoms with Crippen LogP contribution >= 0.6 is 11.6 Å². The van der Waals surface area contributed by atoms with Gasteiger partial charge in [0.2, 0.25) is 0 Å². The van der Waals surface area contributed by atoms with E-state index < -0.39 is 5.60 Å². The predicted molar refractivity (Wildman–Crippen MR) is 134 cm³/mol. The molecule has 0 spiro atoms. The normalized spacial score (nSPS) is 19.9. The summed E-state index contributed by atoms with van der Waals surface area (Å²) in [6.45, 7) is 5.82. The lowest BCUT2D eigenvalue weighted by Crippen LogP contribution is -2.42. The maximum absolute atomic E-state index is 13.0. The number of hydrogen-bond acceptors (Lipinski definition) is 5. The van der Waals surface area contributed by atoms with Crippen LogP contribution in [0.3, 0.4) is 0 Å². The number of carbonyl (C=O) groups excluding carboxylic acids is 1. The number of piperidine rings is 1. The lowest BCUT2D eigenvalue weighted by Gasteiger charge is -2.38. The Bertz CT molecular complexity index is 1150. The summed E-state index contributed by atoms with van der Waals surface area (Å²) < 4.78 is 5.91. The van der Waals surface area contributed by atoms with Gasteiger partial charge >= 0.3 is 0 Å². The maximum atomic E-state index is 13.0. The van der Waals surface area contributed by atoms with E-state index in [4.69, 9.17) is 16.0 Å². The summed E-state index contributed by atoms with van der Waals surface area (Å²) in [5.41, 5.74) is 1.93. The number of likely N-dealkylation sites (N-methyl/N-ethyl adjacent to an activating group) is 1. The molecule has 1 aromatic heterocycles. The second-order valence-electron chi connectivity index (χ2n) is 9.75. The van der Waals surface area contributed by atoms with E-state index in [9.17, 15) is 9.90 Å². The van der Waals surface area contributed by atoms with E-state index >= 15 is 0 Å². The van der Waals surface area contributed by atoms with Crippen molar-refractivity contribution in [1.29, 1.82) is 0 Å². The van der Waals surface area contributed by atoms with Crippen molar-refractivity contribution in [2.75, 3.05) is 46.3 Å². The zero-order valence-corrected chi connectivity index (χ0v) is 20.4. The predicted octanol–water partition coefficient (Wildman–Crippen LogP) is 4.35. The fourth-order valence-corrected chi connectivity index (χ4v) is 5.19. The topological polar surface area (TPSA) is 60.2 Å². The van der Waals surface area contributed by atoms with E-state index in [-0.39, 0.29) is 5.91 Å². The van der Waals surface area contributed by atoms with E-state index in [2.05, 4.69) is 29.0 Å². The van der Waals surface area contributed by atoms with Gasteiger partial charge in [0.05, 0.1) is 5.60 Å². The Morgan fingerprint density at radius 1 is 1.00 bits per heavy atom. The van der Waals surface area contributed by atoms with Gasteiger partial charge in [-0.2, -0.15) is 0 Å². The van der Waals surface area contributed by atoms with Crippen molar-refractivity contribution in [2.45, 2.75) is 31.4 Å². The molecule has 0 aliphatic carbocycles. The molecule has 0 atom stereocenters. The Morgan fingerprint density at radius 3 is 2.53 bits per heavy atom. The van der Waals surface area contributed by atoms with Crippen molar-refractivity contribution in [1.82, 2.24) is 14.7 Å². The molecule has 2 fully saturated rings. The molecule has 1 N–H and O–H groups in total. The fourth-order valence-electron chi connectivity index (χ4n) is 5.06. The monoisotopic (exact) mass is 481 g/mol. The van der Waals surface area contributed by atoms with Gasteiger partial charge in [-0.1, -0.05) is 29.8 Å². The highest BCUT2D eigenvalue weighted by molar-refractivity contribution is 6.30. The molecule has 2 aliphatic heterocycles. The van der Waals surface area contributed by atoms with Crippen LogP contribution in [0.15, 0.2) is 52.9 Å². The van der Waals surface area contributed by atoms with Crippen LogP contribution in [0.5, 0.6) is 0 Å². The lowest BCUT2D eigenvalue weighted by molar-refractivity contribution is -0.0276. The summed E-state index contributed by atoms with van der Waals surface area (Å²) in [5, 5.41) is 13.1. The Balaban J connectivity index is 1.27. The number of aliphatic hydroxyl groups is 1. The Hall–Kier alpha value is -2.38. The molecule has 34 heavy (non-hydrogen) atoms. The fraction of sp³-hybridized carbons (Fsp3) is 0.444. The van der Waals surface area contributed by atoms with Crippen LogP contribution in [-0.4, -0.2) is 72.0 Å². The highest BCUT2D eigenvalue weighted by atomic mass is 35.5. The Kier molecular flexibility index (Phi) is 6.67. The van der Waals surface area contributed by atoms with E-state index in [0.717, 1.165) is 61.7 Å². The number of rotatable bonds is 4. The van der Waals surface area contributed by atoms with Crippen LogP contribution in [0, 0.1) is 0 Å². The van der Waals surface area contributed by atoms with Crippen LogP contribution in [0.2, 0.25) is 5.02 Å². The van der Waals surface area contributed by atoms with Crippen molar-refractivity contribution >= 4 is 28.5 Å². The van der Waals surface area contributed by atoms with E-state index in [1.54, 1.807) is 0 Å². The quantitative estimate of drug-likeness (QED) is 0.600. The van der Waals surface area contributed by atoms with Crippen LogP contribution < -0.4 is 0 Å². The summed E-state index contributed by atoms with van der Waals surface area (Å²) >= 11 is 6.00. The third kappa shape index (κ3) is 5.01. The van der Waals surface area contributed by atoms with Crippen molar-refractivity contribution < 1.29 is 14.3 Å². The summed E-state index contributed by atoms with van der Waals surface area (Å²) in [6.07, 6.45) is 2.29. The molecule has 2 saturated heterocycles. The molecule has 2 aromatic carbocycles. The van der Waals surface area contributed by atoms with Gasteiger partial charge < -0.3 is 19.3 Å². The largest absolute Gasteiger partial charge is 0.451 e. The minimum atomic E-state index is -0.874. The molecule has 0 radical (unpaired) electrons. The molecule has 0 saturated carbocycles. The van der Waals surface area contributed by atoms with E-state index in [0.29, 0.717) is 30.7 Å². The number of hydrogen-bond donors (Lipinski definition) is 1.